The van der Waals surface area contributed by atoms with Crippen LogP contribution < -0.4 is 11.1 Å². The number of alkyl halides is 3. The lowest BCUT2D eigenvalue weighted by Gasteiger charge is -2.26. The largest absolute Gasteiger partial charge is 0.433 e. The minimum atomic E-state index is -4.67. The van der Waals surface area contributed by atoms with Crippen molar-refractivity contribution in [3.63, 3.8) is 0 Å². The minimum Gasteiger partial charge on any atom is -0.397 e. The molecule has 0 aromatic carbocycles. The monoisotopic (exact) mass is 341 g/mol. The van der Waals surface area contributed by atoms with E-state index in [1.54, 1.807) is 0 Å². The van der Waals surface area contributed by atoms with Crippen molar-refractivity contribution in [1.29, 1.82) is 0 Å². The smallest absolute Gasteiger partial charge is 0.397 e. The second-order valence-electron chi connectivity index (χ2n) is 5.63. The molecule has 24 heavy (non-hydrogen) atoms. The lowest BCUT2D eigenvalue weighted by atomic mass is 9.96. The molecule has 2 heterocycles. The van der Waals surface area contributed by atoms with Gasteiger partial charge in [-0.05, 0) is 25.0 Å². The molecule has 0 atom stereocenters. The fourth-order valence-electron chi connectivity index (χ4n) is 2.85. The number of nitrogens with two attached hydrogens (primary N) is 1. The second kappa shape index (κ2) is 5.77. The summed E-state index contributed by atoms with van der Waals surface area (Å²) in [5, 5.41) is 6.46. The summed E-state index contributed by atoms with van der Waals surface area (Å²) < 4.78 is 43.1. The van der Waals surface area contributed by atoms with Crippen LogP contribution in [0.3, 0.4) is 0 Å². The van der Waals surface area contributed by atoms with E-state index in [2.05, 4.69) is 20.4 Å². The number of nitrogen functional groups attached to an aromatic ring is 1. The predicted octanol–water partition coefficient (Wildman–Crippen LogP) is 2.26. The topological polar surface area (TPSA) is 107 Å². The zero-order valence-corrected chi connectivity index (χ0v) is 12.4. The van der Waals surface area contributed by atoms with Crippen LogP contribution in [-0.4, -0.2) is 21.0 Å². The first-order valence-corrected chi connectivity index (χ1v) is 7.25. The van der Waals surface area contributed by atoms with Gasteiger partial charge < -0.3 is 15.6 Å². The zero-order valence-electron chi connectivity index (χ0n) is 12.4. The molecule has 1 fully saturated rings. The Balaban J connectivity index is 1.92. The maximum absolute atomic E-state index is 12.8. The molecule has 2 aromatic heterocycles. The first-order valence-electron chi connectivity index (χ1n) is 7.25. The second-order valence-corrected chi connectivity index (χ2v) is 5.63. The number of aromatic nitrogens is 3. The normalized spacial score (nSPS) is 17.0. The predicted molar refractivity (Wildman–Crippen MR) is 75.6 cm³/mol. The number of pyridine rings is 1. The number of hydrogen-bond acceptors (Lipinski definition) is 6. The summed E-state index contributed by atoms with van der Waals surface area (Å²) in [7, 11) is 0. The molecule has 0 unspecified atom stereocenters. The quantitative estimate of drug-likeness (QED) is 0.887. The molecule has 0 saturated heterocycles. The molecule has 1 amide bonds. The Morgan fingerprint density at radius 1 is 1.29 bits per heavy atom. The molecule has 1 saturated carbocycles. The standard InChI is InChI=1S/C14H14F3N5O2/c15-14(16,17)9-4-3-8(18)10(20-9)11(23)21-13(5-1-2-6-13)12-19-7-24-22-12/h3-4,7H,1-2,5-6,18H2,(H,21,23). The molecule has 0 aliphatic heterocycles. The van der Waals surface area contributed by atoms with Crippen LogP contribution in [0.4, 0.5) is 18.9 Å². The summed E-state index contributed by atoms with van der Waals surface area (Å²) in [6.07, 6.45) is -0.783. The molecule has 10 heteroatoms. The first-order chi connectivity index (χ1) is 11.3. The van der Waals surface area contributed by atoms with Gasteiger partial charge in [-0.15, -0.1) is 0 Å². The van der Waals surface area contributed by atoms with Crippen LogP contribution in [0.25, 0.3) is 0 Å². The van der Waals surface area contributed by atoms with E-state index in [9.17, 15) is 18.0 Å². The average Bonchev–Trinajstić information content (AvgIpc) is 3.18. The van der Waals surface area contributed by atoms with Crippen molar-refractivity contribution < 1.29 is 22.5 Å². The minimum absolute atomic E-state index is 0.137. The molecule has 1 aliphatic rings. The van der Waals surface area contributed by atoms with Gasteiger partial charge in [0.25, 0.3) is 5.91 Å². The Hall–Kier alpha value is -2.65. The van der Waals surface area contributed by atoms with Crippen LogP contribution in [0.15, 0.2) is 23.0 Å². The SMILES string of the molecule is Nc1ccc(C(F)(F)F)nc1C(=O)NC1(c2ncon2)CCCC1. The maximum atomic E-state index is 12.8. The van der Waals surface area contributed by atoms with Gasteiger partial charge in [0.05, 0.1) is 5.69 Å². The van der Waals surface area contributed by atoms with Gasteiger partial charge in [-0.1, -0.05) is 18.0 Å². The van der Waals surface area contributed by atoms with Gasteiger partial charge in [-0.25, -0.2) is 4.98 Å². The third kappa shape index (κ3) is 2.91. The summed E-state index contributed by atoms with van der Waals surface area (Å²) in [6, 6.07) is 1.75. The fraction of sp³-hybridized carbons (Fsp3) is 0.429. The summed E-state index contributed by atoms with van der Waals surface area (Å²) in [5.41, 5.74) is 2.96. The van der Waals surface area contributed by atoms with E-state index in [1.165, 1.54) is 0 Å². The number of carbonyl (C=O) groups is 1. The van der Waals surface area contributed by atoms with Crippen LogP contribution in [0.2, 0.25) is 0 Å². The number of amides is 1. The van der Waals surface area contributed by atoms with E-state index in [0.717, 1.165) is 31.4 Å². The van der Waals surface area contributed by atoms with Crippen molar-refractivity contribution in [2.75, 3.05) is 5.73 Å². The van der Waals surface area contributed by atoms with Crippen molar-refractivity contribution in [3.8, 4) is 0 Å². The summed E-state index contributed by atoms with van der Waals surface area (Å²) in [5.74, 6) is -0.510. The summed E-state index contributed by atoms with van der Waals surface area (Å²) in [6.45, 7) is 0. The number of hydrogen-bond donors (Lipinski definition) is 2. The van der Waals surface area contributed by atoms with E-state index in [1.807, 2.05) is 0 Å². The van der Waals surface area contributed by atoms with Crippen molar-refractivity contribution in [2.45, 2.75) is 37.4 Å². The van der Waals surface area contributed by atoms with Gasteiger partial charge in [0.2, 0.25) is 6.39 Å². The van der Waals surface area contributed by atoms with Gasteiger partial charge in [-0.3, -0.25) is 4.79 Å². The van der Waals surface area contributed by atoms with E-state index < -0.39 is 29.0 Å². The number of rotatable bonds is 3. The first kappa shape index (κ1) is 16.2. The Kier molecular flexibility index (Phi) is 3.90. The third-order valence-electron chi connectivity index (χ3n) is 4.03. The Bertz CT molecular complexity index is 739. The highest BCUT2D eigenvalue weighted by Gasteiger charge is 2.42. The molecule has 7 nitrogen and oxygen atoms in total. The highest BCUT2D eigenvalue weighted by atomic mass is 19.4. The molecule has 0 bridgehead atoms. The van der Waals surface area contributed by atoms with Gasteiger partial charge in [0.1, 0.15) is 11.2 Å². The molecule has 3 N–H and O–H groups in total. The molecule has 1 aliphatic carbocycles. The Morgan fingerprint density at radius 2 is 2.00 bits per heavy atom. The van der Waals surface area contributed by atoms with Crippen molar-refractivity contribution in [3.05, 3.63) is 35.7 Å². The van der Waals surface area contributed by atoms with Crippen LogP contribution in [0.5, 0.6) is 0 Å². The van der Waals surface area contributed by atoms with Crippen LogP contribution in [0, 0.1) is 0 Å². The van der Waals surface area contributed by atoms with Gasteiger partial charge in [-0.2, -0.15) is 18.2 Å². The van der Waals surface area contributed by atoms with E-state index >= 15 is 0 Å². The summed E-state index contributed by atoms with van der Waals surface area (Å²) in [4.78, 5) is 19.8. The highest BCUT2D eigenvalue weighted by Crippen LogP contribution is 2.37. The lowest BCUT2D eigenvalue weighted by molar-refractivity contribution is -0.141. The zero-order chi connectivity index (χ0) is 17.4. The summed E-state index contributed by atoms with van der Waals surface area (Å²) >= 11 is 0. The van der Waals surface area contributed by atoms with Crippen molar-refractivity contribution >= 4 is 11.6 Å². The average molecular weight is 341 g/mol. The van der Waals surface area contributed by atoms with Gasteiger partial charge in [0.15, 0.2) is 11.5 Å². The lowest BCUT2D eigenvalue weighted by Crippen LogP contribution is -2.45. The molecule has 0 spiro atoms. The maximum Gasteiger partial charge on any atom is 0.433 e. The molecular weight excluding hydrogens is 327 g/mol. The van der Waals surface area contributed by atoms with Crippen molar-refractivity contribution in [2.24, 2.45) is 0 Å². The molecule has 0 radical (unpaired) electrons. The Morgan fingerprint density at radius 3 is 2.58 bits per heavy atom. The molecule has 2 aromatic rings. The molecule has 128 valence electrons. The molecular formula is C14H14F3N5O2. The molecule has 3 rings (SSSR count). The Labute approximate surface area is 134 Å². The van der Waals surface area contributed by atoms with Crippen LogP contribution >= 0.6 is 0 Å². The number of nitrogens with one attached hydrogen (secondary N) is 1. The van der Waals surface area contributed by atoms with Crippen LogP contribution in [0.1, 0.15) is 47.7 Å². The number of anilines is 1. The number of carbonyl (C=O) groups excluding carboxylic acids is 1. The van der Waals surface area contributed by atoms with Gasteiger partial charge in [0, 0.05) is 0 Å². The van der Waals surface area contributed by atoms with Crippen molar-refractivity contribution in [1.82, 2.24) is 20.4 Å². The highest BCUT2D eigenvalue weighted by molar-refractivity contribution is 5.97. The number of nitrogens with zero attached hydrogens (tertiary/aromatic N) is 3. The fourth-order valence-corrected chi connectivity index (χ4v) is 2.85. The van der Waals surface area contributed by atoms with Crippen LogP contribution in [-0.2, 0) is 11.7 Å². The number of halogens is 3. The third-order valence-corrected chi connectivity index (χ3v) is 4.03. The van der Waals surface area contributed by atoms with E-state index in [4.69, 9.17) is 10.3 Å². The van der Waals surface area contributed by atoms with E-state index in [0.29, 0.717) is 18.7 Å². The van der Waals surface area contributed by atoms with E-state index in [-0.39, 0.29) is 5.69 Å². The van der Waals surface area contributed by atoms with Gasteiger partial charge >= 0.3 is 6.18 Å².